The highest BCUT2D eigenvalue weighted by atomic mass is 127. The maximum absolute atomic E-state index is 11.7. The Morgan fingerprint density at radius 3 is 1.19 bits per heavy atom. The fourth-order valence-electron chi connectivity index (χ4n) is 9.45. The van der Waals surface area contributed by atoms with E-state index >= 15 is 0 Å². The average Bonchev–Trinajstić information content (AvgIpc) is 3.07. The molecule has 4 atom stereocenters. The minimum atomic E-state index is -0.646. The SMILES string of the molecule is OC1(c2cccc(I)c2)C2CCCC1CN(Cc1ccccc1)C2.OC1(c2cccc(I)c2)C2CCCC1CN(Cc1ccccc1)C2. The molecule has 4 aromatic carbocycles. The van der Waals surface area contributed by atoms with Crippen molar-refractivity contribution in [2.24, 2.45) is 23.7 Å². The Morgan fingerprint density at radius 1 is 0.500 bits per heavy atom. The lowest BCUT2D eigenvalue weighted by Crippen LogP contribution is -2.57. The third-order valence-corrected chi connectivity index (χ3v) is 13.0. The summed E-state index contributed by atoms with van der Waals surface area (Å²) in [5, 5.41) is 23.4. The van der Waals surface area contributed by atoms with E-state index in [0.717, 1.165) is 76.1 Å². The molecule has 6 heteroatoms. The zero-order valence-electron chi connectivity index (χ0n) is 27.7. The summed E-state index contributed by atoms with van der Waals surface area (Å²) in [7, 11) is 0. The smallest absolute Gasteiger partial charge is 0.0977 e. The van der Waals surface area contributed by atoms with Crippen LogP contribution in [-0.2, 0) is 24.3 Å². The number of aliphatic hydroxyl groups is 2. The second-order valence-electron chi connectivity index (χ2n) is 14.7. The van der Waals surface area contributed by atoms with Crippen molar-refractivity contribution in [3.63, 3.8) is 0 Å². The van der Waals surface area contributed by atoms with E-state index in [4.69, 9.17) is 0 Å². The highest BCUT2D eigenvalue weighted by Crippen LogP contribution is 2.51. The van der Waals surface area contributed by atoms with E-state index in [9.17, 15) is 10.2 Å². The normalized spacial score (nSPS) is 30.2. The van der Waals surface area contributed by atoms with E-state index in [0.29, 0.717) is 23.7 Å². The summed E-state index contributed by atoms with van der Waals surface area (Å²) >= 11 is 4.70. The Balaban J connectivity index is 0.000000152. The second kappa shape index (κ2) is 15.2. The first kappa shape index (κ1) is 34.6. The van der Waals surface area contributed by atoms with Gasteiger partial charge in [-0.15, -0.1) is 0 Å². The van der Waals surface area contributed by atoms with Gasteiger partial charge in [0.1, 0.15) is 0 Å². The molecule has 4 unspecified atom stereocenters. The molecule has 0 spiro atoms. The van der Waals surface area contributed by atoms with Gasteiger partial charge in [0, 0.05) is 70.1 Å². The number of hydrogen-bond acceptors (Lipinski definition) is 4. The molecule has 8 rings (SSSR count). The van der Waals surface area contributed by atoms with Crippen molar-refractivity contribution in [1.29, 1.82) is 0 Å². The monoisotopic (exact) mass is 866 g/mol. The zero-order valence-corrected chi connectivity index (χ0v) is 32.0. The summed E-state index contributed by atoms with van der Waals surface area (Å²) in [5.74, 6) is 1.36. The van der Waals surface area contributed by atoms with Crippen LogP contribution in [-0.4, -0.2) is 46.2 Å². The molecule has 252 valence electrons. The Bertz CT molecular complexity index is 1500. The molecule has 2 aliphatic carbocycles. The summed E-state index contributed by atoms with van der Waals surface area (Å²) in [5.41, 5.74) is 3.71. The highest BCUT2D eigenvalue weighted by Gasteiger charge is 2.52. The zero-order chi connectivity index (χ0) is 33.1. The second-order valence-corrected chi connectivity index (χ2v) is 17.2. The van der Waals surface area contributed by atoms with E-state index in [-0.39, 0.29) is 0 Å². The number of benzene rings is 4. The number of nitrogens with zero attached hydrogens (tertiary/aromatic N) is 2. The first-order valence-electron chi connectivity index (χ1n) is 17.8. The summed E-state index contributed by atoms with van der Waals surface area (Å²) in [6.07, 6.45) is 7.02. The van der Waals surface area contributed by atoms with Gasteiger partial charge in [-0.25, -0.2) is 0 Å². The highest BCUT2D eigenvalue weighted by molar-refractivity contribution is 14.1. The van der Waals surface area contributed by atoms with Crippen LogP contribution >= 0.6 is 45.2 Å². The molecule has 2 saturated heterocycles. The summed E-state index contributed by atoms with van der Waals surface area (Å²) in [6.45, 7) is 5.97. The molecule has 0 aromatic heterocycles. The standard InChI is InChI=1S/2C21H24INO/c2*22-20-11-5-8-17(12-20)21(24)18-9-4-10-19(21)15-23(14-18)13-16-6-2-1-3-7-16/h2*1-3,5-8,11-12,18-19,24H,4,9-10,13-15H2. The van der Waals surface area contributed by atoms with E-state index < -0.39 is 11.2 Å². The van der Waals surface area contributed by atoms with Gasteiger partial charge in [0.2, 0.25) is 0 Å². The molecule has 4 fully saturated rings. The lowest BCUT2D eigenvalue weighted by molar-refractivity contribution is -0.148. The number of rotatable bonds is 6. The fourth-order valence-corrected chi connectivity index (χ4v) is 10.5. The molecular formula is C42H48I2N2O2. The van der Waals surface area contributed by atoms with Crippen molar-refractivity contribution >= 4 is 45.2 Å². The van der Waals surface area contributed by atoms with Gasteiger partial charge in [-0.3, -0.25) is 9.80 Å². The van der Waals surface area contributed by atoms with Crippen LogP contribution in [0.4, 0.5) is 0 Å². The lowest BCUT2D eigenvalue weighted by atomic mass is 9.62. The molecule has 4 aliphatic rings. The molecule has 2 aliphatic heterocycles. The van der Waals surface area contributed by atoms with Gasteiger partial charge in [-0.05, 0) is 117 Å². The fraction of sp³-hybridized carbons (Fsp3) is 0.429. The Labute approximate surface area is 314 Å². The molecule has 2 N–H and O–H groups in total. The third kappa shape index (κ3) is 7.31. The molecule has 2 heterocycles. The van der Waals surface area contributed by atoms with Crippen molar-refractivity contribution in [2.45, 2.75) is 62.8 Å². The maximum Gasteiger partial charge on any atom is 0.0977 e. The van der Waals surface area contributed by atoms with E-state index in [2.05, 4.69) is 164 Å². The third-order valence-electron chi connectivity index (χ3n) is 11.7. The predicted molar refractivity (Wildman–Crippen MR) is 211 cm³/mol. The first-order chi connectivity index (χ1) is 23.3. The number of halogens is 2. The Morgan fingerprint density at radius 2 is 0.854 bits per heavy atom. The number of hydrogen-bond donors (Lipinski definition) is 2. The number of fused-ring (bicyclic) bond motifs is 4. The molecule has 0 amide bonds. The van der Waals surface area contributed by atoms with Gasteiger partial charge in [-0.1, -0.05) is 97.8 Å². The predicted octanol–water partition coefficient (Wildman–Crippen LogP) is 8.82. The molecule has 4 bridgehead atoms. The van der Waals surface area contributed by atoms with Crippen LogP contribution in [0.15, 0.2) is 109 Å². The van der Waals surface area contributed by atoms with Crippen LogP contribution in [0.3, 0.4) is 0 Å². The van der Waals surface area contributed by atoms with Crippen molar-refractivity contribution in [1.82, 2.24) is 9.80 Å². The van der Waals surface area contributed by atoms with Crippen LogP contribution in [0.25, 0.3) is 0 Å². The van der Waals surface area contributed by atoms with Gasteiger partial charge < -0.3 is 10.2 Å². The minimum absolute atomic E-state index is 0.340. The van der Waals surface area contributed by atoms with Crippen molar-refractivity contribution in [3.05, 3.63) is 139 Å². The van der Waals surface area contributed by atoms with Gasteiger partial charge in [-0.2, -0.15) is 0 Å². The molecule has 4 aromatic rings. The van der Waals surface area contributed by atoms with Gasteiger partial charge in [0.15, 0.2) is 0 Å². The van der Waals surface area contributed by atoms with E-state index in [1.165, 1.54) is 31.1 Å². The largest absolute Gasteiger partial charge is 0.384 e. The van der Waals surface area contributed by atoms with Crippen LogP contribution in [0.5, 0.6) is 0 Å². The van der Waals surface area contributed by atoms with Crippen LogP contribution in [0, 0.1) is 30.8 Å². The first-order valence-corrected chi connectivity index (χ1v) is 20.0. The topological polar surface area (TPSA) is 46.9 Å². The number of piperidine rings is 2. The minimum Gasteiger partial charge on any atom is -0.384 e. The summed E-state index contributed by atoms with van der Waals surface area (Å²) in [4.78, 5) is 5.10. The number of likely N-dealkylation sites (tertiary alicyclic amines) is 2. The van der Waals surface area contributed by atoms with Gasteiger partial charge in [0.05, 0.1) is 11.2 Å². The average molecular weight is 867 g/mol. The molecular weight excluding hydrogens is 818 g/mol. The van der Waals surface area contributed by atoms with Gasteiger partial charge in [0.25, 0.3) is 0 Å². The van der Waals surface area contributed by atoms with Crippen LogP contribution in [0.1, 0.15) is 60.8 Å². The Kier molecular flexibility index (Phi) is 11.0. The maximum atomic E-state index is 11.7. The van der Waals surface area contributed by atoms with Crippen molar-refractivity contribution in [2.75, 3.05) is 26.2 Å². The Hall–Kier alpha value is -1.82. The van der Waals surface area contributed by atoms with Crippen molar-refractivity contribution < 1.29 is 10.2 Å². The molecule has 0 radical (unpaired) electrons. The summed E-state index contributed by atoms with van der Waals surface area (Å²) in [6, 6.07) is 38.4. The molecule has 48 heavy (non-hydrogen) atoms. The van der Waals surface area contributed by atoms with Crippen LogP contribution < -0.4 is 0 Å². The van der Waals surface area contributed by atoms with E-state index in [1.807, 2.05) is 0 Å². The van der Waals surface area contributed by atoms with Gasteiger partial charge >= 0.3 is 0 Å². The summed E-state index contributed by atoms with van der Waals surface area (Å²) < 4.78 is 2.42. The quantitative estimate of drug-likeness (QED) is 0.191. The molecule has 2 saturated carbocycles. The lowest BCUT2D eigenvalue weighted by Gasteiger charge is -2.53. The van der Waals surface area contributed by atoms with Crippen LogP contribution in [0.2, 0.25) is 0 Å². The van der Waals surface area contributed by atoms with E-state index in [1.54, 1.807) is 0 Å². The van der Waals surface area contributed by atoms with Crippen molar-refractivity contribution in [3.8, 4) is 0 Å². The molecule has 4 nitrogen and oxygen atoms in total.